The van der Waals surface area contributed by atoms with Crippen LogP contribution in [0.4, 0.5) is 0 Å². The summed E-state index contributed by atoms with van der Waals surface area (Å²) in [6.07, 6.45) is 3.66. The molecule has 0 amide bonds. The van der Waals surface area contributed by atoms with E-state index in [0.29, 0.717) is 0 Å². The van der Waals surface area contributed by atoms with Crippen LogP contribution in [0.3, 0.4) is 0 Å². The molecule has 0 aliphatic heterocycles. The van der Waals surface area contributed by atoms with Gasteiger partial charge in [0.05, 0.1) is 6.04 Å². The van der Waals surface area contributed by atoms with E-state index in [0.717, 1.165) is 0 Å². The summed E-state index contributed by atoms with van der Waals surface area (Å²) in [5.74, 6) is 0. The largest absolute Gasteiger partial charge is 0.309 e. The lowest BCUT2D eigenvalue weighted by atomic mass is 9.97. The number of nitrogens with zero attached hydrogens (tertiary/aromatic N) is 1. The Labute approximate surface area is 125 Å². The van der Waals surface area contributed by atoms with E-state index in [9.17, 15) is 0 Å². The highest BCUT2D eigenvalue weighted by Crippen LogP contribution is 2.25. The molecule has 104 valence electrons. The summed E-state index contributed by atoms with van der Waals surface area (Å²) in [5, 5.41) is 3.37. The van der Waals surface area contributed by atoms with Gasteiger partial charge in [0.1, 0.15) is 0 Å². The van der Waals surface area contributed by atoms with Crippen LogP contribution in [0.5, 0.6) is 0 Å². The quantitative estimate of drug-likeness (QED) is 0.776. The van der Waals surface area contributed by atoms with Crippen LogP contribution in [0.1, 0.15) is 17.2 Å². The van der Waals surface area contributed by atoms with E-state index in [1.165, 1.54) is 22.3 Å². The summed E-state index contributed by atoms with van der Waals surface area (Å²) < 4.78 is 0. The van der Waals surface area contributed by atoms with Gasteiger partial charge in [0.2, 0.25) is 0 Å². The van der Waals surface area contributed by atoms with Crippen LogP contribution >= 0.6 is 0 Å². The monoisotopic (exact) mass is 274 g/mol. The third kappa shape index (κ3) is 3.01. The Morgan fingerprint density at radius 1 is 0.714 bits per heavy atom. The summed E-state index contributed by atoms with van der Waals surface area (Å²) in [6, 6.07) is 23.4. The number of aromatic nitrogens is 1. The Balaban J connectivity index is 1.90. The molecule has 1 N–H and O–H groups in total. The topological polar surface area (TPSA) is 24.9 Å². The van der Waals surface area contributed by atoms with Gasteiger partial charge >= 0.3 is 0 Å². The van der Waals surface area contributed by atoms with E-state index in [1.54, 1.807) is 0 Å². The number of benzene rings is 2. The Morgan fingerprint density at radius 2 is 1.29 bits per heavy atom. The average molecular weight is 274 g/mol. The molecule has 0 bridgehead atoms. The molecule has 0 fully saturated rings. The minimum absolute atomic E-state index is 0.192. The van der Waals surface area contributed by atoms with E-state index < -0.39 is 0 Å². The summed E-state index contributed by atoms with van der Waals surface area (Å²) in [7, 11) is 1.98. The van der Waals surface area contributed by atoms with Gasteiger partial charge in [0.15, 0.2) is 0 Å². The van der Waals surface area contributed by atoms with Crippen LogP contribution in [-0.4, -0.2) is 12.0 Å². The van der Waals surface area contributed by atoms with Crippen LogP contribution in [0, 0.1) is 0 Å². The molecule has 0 spiro atoms. The molecule has 3 aromatic rings. The molecule has 2 nitrogen and oxygen atoms in total. The molecule has 1 aromatic heterocycles. The molecule has 1 unspecified atom stereocenters. The first kappa shape index (κ1) is 13.5. The first-order valence-corrected chi connectivity index (χ1v) is 7.11. The zero-order chi connectivity index (χ0) is 14.5. The lowest BCUT2D eigenvalue weighted by Crippen LogP contribution is -2.17. The molecular formula is C19H18N2. The van der Waals surface area contributed by atoms with Gasteiger partial charge in [0.25, 0.3) is 0 Å². The second-order valence-electron chi connectivity index (χ2n) is 4.99. The lowest BCUT2D eigenvalue weighted by Gasteiger charge is -2.17. The summed E-state index contributed by atoms with van der Waals surface area (Å²) in [5.41, 5.74) is 4.96. The van der Waals surface area contributed by atoms with Crippen molar-refractivity contribution in [1.29, 1.82) is 0 Å². The van der Waals surface area contributed by atoms with E-state index in [1.807, 2.05) is 37.6 Å². The molecule has 3 rings (SSSR count). The smallest absolute Gasteiger partial charge is 0.0575 e. The zero-order valence-corrected chi connectivity index (χ0v) is 12.0. The second kappa shape index (κ2) is 6.33. The summed E-state index contributed by atoms with van der Waals surface area (Å²) in [6.45, 7) is 0. The Kier molecular flexibility index (Phi) is 4.08. The number of rotatable bonds is 4. The number of hydrogen-bond donors (Lipinski definition) is 1. The molecule has 0 aliphatic carbocycles. The molecule has 21 heavy (non-hydrogen) atoms. The molecular weight excluding hydrogens is 256 g/mol. The van der Waals surface area contributed by atoms with Gasteiger partial charge in [-0.1, -0.05) is 54.6 Å². The maximum absolute atomic E-state index is 4.08. The van der Waals surface area contributed by atoms with Crippen molar-refractivity contribution in [2.24, 2.45) is 0 Å². The average Bonchev–Trinajstić information content (AvgIpc) is 2.58. The third-order valence-corrected chi connectivity index (χ3v) is 3.68. The van der Waals surface area contributed by atoms with E-state index >= 15 is 0 Å². The summed E-state index contributed by atoms with van der Waals surface area (Å²) >= 11 is 0. The van der Waals surface area contributed by atoms with Crippen molar-refractivity contribution in [2.45, 2.75) is 6.04 Å². The normalized spacial score (nSPS) is 12.0. The number of pyridine rings is 1. The fourth-order valence-corrected chi connectivity index (χ4v) is 2.58. The first-order valence-electron chi connectivity index (χ1n) is 7.11. The van der Waals surface area contributed by atoms with Gasteiger partial charge in [-0.2, -0.15) is 0 Å². The number of nitrogens with one attached hydrogen (secondary N) is 1. The van der Waals surface area contributed by atoms with Gasteiger partial charge in [-0.3, -0.25) is 4.98 Å². The molecule has 1 atom stereocenters. The van der Waals surface area contributed by atoms with Crippen molar-refractivity contribution in [2.75, 3.05) is 7.05 Å². The maximum atomic E-state index is 4.08. The highest BCUT2D eigenvalue weighted by molar-refractivity contribution is 5.63. The van der Waals surface area contributed by atoms with Crippen LogP contribution in [0.15, 0.2) is 79.1 Å². The summed E-state index contributed by atoms with van der Waals surface area (Å²) in [4.78, 5) is 4.08. The van der Waals surface area contributed by atoms with Crippen LogP contribution in [0.2, 0.25) is 0 Å². The van der Waals surface area contributed by atoms with E-state index in [-0.39, 0.29) is 6.04 Å². The molecule has 0 saturated carbocycles. The van der Waals surface area contributed by atoms with Gasteiger partial charge in [-0.15, -0.1) is 0 Å². The third-order valence-electron chi connectivity index (χ3n) is 3.68. The fraction of sp³-hybridized carbons (Fsp3) is 0.105. The lowest BCUT2D eigenvalue weighted by molar-refractivity contribution is 0.691. The molecule has 2 heteroatoms. The van der Waals surface area contributed by atoms with Crippen LogP contribution in [0.25, 0.3) is 11.1 Å². The van der Waals surface area contributed by atoms with Crippen molar-refractivity contribution >= 4 is 0 Å². The highest BCUT2D eigenvalue weighted by atomic mass is 14.9. The molecule has 0 aliphatic rings. The Hall–Kier alpha value is -2.45. The second-order valence-corrected chi connectivity index (χ2v) is 4.99. The van der Waals surface area contributed by atoms with Crippen molar-refractivity contribution in [3.63, 3.8) is 0 Å². The molecule has 2 aromatic carbocycles. The predicted molar refractivity (Wildman–Crippen MR) is 87.0 cm³/mol. The zero-order valence-electron chi connectivity index (χ0n) is 12.0. The Bertz CT molecular complexity index is 676. The molecule has 1 heterocycles. The van der Waals surface area contributed by atoms with Gasteiger partial charge in [-0.05, 0) is 41.4 Å². The standard InChI is InChI=1S/C19H18N2/c1-20-19(18-11-13-21-14-12-18)17-9-7-16(8-10-17)15-5-3-2-4-6-15/h2-14,19-20H,1H3. The predicted octanol–water partition coefficient (Wildman–Crippen LogP) is 4.06. The van der Waals surface area contributed by atoms with Gasteiger partial charge < -0.3 is 5.32 Å². The van der Waals surface area contributed by atoms with Gasteiger partial charge in [-0.25, -0.2) is 0 Å². The molecule has 0 saturated heterocycles. The fourth-order valence-electron chi connectivity index (χ4n) is 2.58. The Morgan fingerprint density at radius 3 is 1.90 bits per heavy atom. The number of hydrogen-bond acceptors (Lipinski definition) is 2. The first-order chi connectivity index (χ1) is 10.4. The van der Waals surface area contributed by atoms with Crippen LogP contribution in [-0.2, 0) is 0 Å². The van der Waals surface area contributed by atoms with Crippen molar-refractivity contribution < 1.29 is 0 Å². The maximum Gasteiger partial charge on any atom is 0.0575 e. The minimum Gasteiger partial charge on any atom is -0.309 e. The van der Waals surface area contributed by atoms with E-state index in [4.69, 9.17) is 0 Å². The van der Waals surface area contributed by atoms with Crippen molar-refractivity contribution in [1.82, 2.24) is 10.3 Å². The minimum atomic E-state index is 0.192. The van der Waals surface area contributed by atoms with Gasteiger partial charge in [0, 0.05) is 12.4 Å². The molecule has 0 radical (unpaired) electrons. The van der Waals surface area contributed by atoms with Crippen molar-refractivity contribution in [3.8, 4) is 11.1 Å². The van der Waals surface area contributed by atoms with Crippen molar-refractivity contribution in [3.05, 3.63) is 90.3 Å². The SMILES string of the molecule is CNC(c1ccncc1)c1ccc(-c2ccccc2)cc1. The highest BCUT2D eigenvalue weighted by Gasteiger charge is 2.11. The van der Waals surface area contributed by atoms with E-state index in [2.05, 4.69) is 58.8 Å². The van der Waals surface area contributed by atoms with Crippen LogP contribution < -0.4 is 5.32 Å².